The smallest absolute Gasteiger partial charge is 0.416 e. The molecular formula is C24H21F3O3S. The summed E-state index contributed by atoms with van der Waals surface area (Å²) >= 11 is 1.58. The number of aryl methyl sites for hydroxylation is 2. The van der Waals surface area contributed by atoms with Gasteiger partial charge in [0.15, 0.2) is 0 Å². The molecular weight excluding hydrogens is 425 g/mol. The minimum Gasteiger partial charge on any atom is -0.489 e. The zero-order valence-electron chi connectivity index (χ0n) is 16.8. The molecule has 0 radical (unpaired) electrons. The molecule has 0 aliphatic carbocycles. The highest BCUT2D eigenvalue weighted by Crippen LogP contribution is 2.31. The van der Waals surface area contributed by atoms with Gasteiger partial charge in [-0.25, -0.2) is 0 Å². The fourth-order valence-electron chi connectivity index (χ4n) is 2.95. The molecule has 3 aromatic rings. The van der Waals surface area contributed by atoms with E-state index in [0.717, 1.165) is 33.1 Å². The van der Waals surface area contributed by atoms with Crippen LogP contribution in [0.2, 0.25) is 0 Å². The number of benzene rings is 3. The number of carboxylic acid groups (broad SMARTS) is 1. The minimum atomic E-state index is -4.34. The number of hydrogen-bond acceptors (Lipinski definition) is 3. The van der Waals surface area contributed by atoms with Crippen molar-refractivity contribution in [3.05, 3.63) is 89.0 Å². The molecule has 0 saturated carbocycles. The summed E-state index contributed by atoms with van der Waals surface area (Å²) in [7, 11) is 0. The van der Waals surface area contributed by atoms with Crippen molar-refractivity contribution in [2.45, 2.75) is 42.3 Å². The van der Waals surface area contributed by atoms with E-state index in [-0.39, 0.29) is 13.0 Å². The molecule has 7 heteroatoms. The number of halogens is 3. The third-order valence-corrected chi connectivity index (χ3v) is 5.67. The molecule has 0 atom stereocenters. The van der Waals surface area contributed by atoms with Crippen molar-refractivity contribution in [2.75, 3.05) is 0 Å². The number of aliphatic carboxylic acids is 1. The van der Waals surface area contributed by atoms with E-state index in [1.165, 1.54) is 12.1 Å². The molecule has 1 N–H and O–H groups in total. The maximum absolute atomic E-state index is 12.6. The van der Waals surface area contributed by atoms with E-state index in [4.69, 9.17) is 9.84 Å². The summed E-state index contributed by atoms with van der Waals surface area (Å²) in [6, 6.07) is 18.4. The van der Waals surface area contributed by atoms with Gasteiger partial charge < -0.3 is 9.84 Å². The summed E-state index contributed by atoms with van der Waals surface area (Å²) in [6.07, 6.45) is -3.72. The Balaban J connectivity index is 1.55. The van der Waals surface area contributed by atoms with Gasteiger partial charge in [-0.05, 0) is 78.6 Å². The van der Waals surface area contributed by atoms with E-state index < -0.39 is 17.7 Å². The lowest BCUT2D eigenvalue weighted by Crippen LogP contribution is -2.05. The topological polar surface area (TPSA) is 46.5 Å². The van der Waals surface area contributed by atoms with Crippen LogP contribution in [0.25, 0.3) is 0 Å². The molecule has 0 saturated heterocycles. The van der Waals surface area contributed by atoms with Crippen LogP contribution in [-0.4, -0.2) is 11.1 Å². The van der Waals surface area contributed by atoms with Crippen LogP contribution in [0.3, 0.4) is 0 Å². The highest BCUT2D eigenvalue weighted by atomic mass is 32.2. The van der Waals surface area contributed by atoms with Crippen LogP contribution in [0, 0.1) is 6.92 Å². The molecule has 162 valence electrons. The zero-order valence-corrected chi connectivity index (χ0v) is 17.6. The Morgan fingerprint density at radius 3 is 2.19 bits per heavy atom. The van der Waals surface area contributed by atoms with E-state index in [2.05, 4.69) is 0 Å². The van der Waals surface area contributed by atoms with Crippen molar-refractivity contribution in [3.63, 3.8) is 0 Å². The van der Waals surface area contributed by atoms with Gasteiger partial charge in [0.2, 0.25) is 0 Å². The third kappa shape index (κ3) is 6.79. The molecule has 0 fully saturated rings. The second-order valence-electron chi connectivity index (χ2n) is 7.04. The van der Waals surface area contributed by atoms with Crippen molar-refractivity contribution in [1.29, 1.82) is 0 Å². The summed E-state index contributed by atoms with van der Waals surface area (Å²) in [4.78, 5) is 12.8. The number of carbonyl (C=O) groups is 1. The third-order valence-electron chi connectivity index (χ3n) is 4.67. The molecule has 0 spiro atoms. The van der Waals surface area contributed by atoms with Crippen molar-refractivity contribution in [1.82, 2.24) is 0 Å². The van der Waals surface area contributed by atoms with Crippen LogP contribution in [0.1, 0.15) is 28.7 Å². The van der Waals surface area contributed by atoms with Crippen LogP contribution < -0.4 is 4.74 Å². The Kier molecular flexibility index (Phi) is 7.28. The van der Waals surface area contributed by atoms with Crippen molar-refractivity contribution in [2.24, 2.45) is 0 Å². The molecule has 31 heavy (non-hydrogen) atoms. The predicted octanol–water partition coefficient (Wildman–Crippen LogP) is 6.76. The Hall–Kier alpha value is -2.93. The summed E-state index contributed by atoms with van der Waals surface area (Å²) in [5.74, 6) is -0.178. The standard InChI is InChI=1S/C24H21F3O3S/c1-16-14-22(10-4-18(16)5-13-23(28)29)31-21-11-8-20(9-12-21)30-15-17-2-6-19(7-3-17)24(25,26)27/h2-4,6-12,14H,5,13,15H2,1H3,(H,28,29). The number of carboxylic acids is 1. The van der Waals surface area contributed by atoms with E-state index in [1.807, 2.05) is 49.4 Å². The van der Waals surface area contributed by atoms with Gasteiger partial charge in [0.1, 0.15) is 12.4 Å². The van der Waals surface area contributed by atoms with Crippen LogP contribution in [-0.2, 0) is 24.0 Å². The molecule has 0 aromatic heterocycles. The van der Waals surface area contributed by atoms with Crippen molar-refractivity contribution in [3.8, 4) is 5.75 Å². The molecule has 3 nitrogen and oxygen atoms in total. The highest BCUT2D eigenvalue weighted by molar-refractivity contribution is 7.99. The quantitative estimate of drug-likeness (QED) is 0.415. The molecule has 0 aliphatic rings. The van der Waals surface area contributed by atoms with Gasteiger partial charge in [-0.3, -0.25) is 4.79 Å². The molecule has 3 aromatic carbocycles. The summed E-state index contributed by atoms with van der Waals surface area (Å²) < 4.78 is 43.5. The second kappa shape index (κ2) is 9.92. The first-order chi connectivity index (χ1) is 14.7. The Labute approximate surface area is 182 Å². The normalized spacial score (nSPS) is 11.4. The number of rotatable bonds is 8. The monoisotopic (exact) mass is 446 g/mol. The van der Waals surface area contributed by atoms with Gasteiger partial charge in [-0.2, -0.15) is 13.2 Å². The highest BCUT2D eigenvalue weighted by Gasteiger charge is 2.29. The van der Waals surface area contributed by atoms with Crippen LogP contribution in [0.5, 0.6) is 5.75 Å². The van der Waals surface area contributed by atoms with Gasteiger partial charge in [0, 0.05) is 16.2 Å². The van der Waals surface area contributed by atoms with Crippen molar-refractivity contribution < 1.29 is 27.8 Å². The van der Waals surface area contributed by atoms with Gasteiger partial charge in [-0.15, -0.1) is 0 Å². The molecule has 0 unspecified atom stereocenters. The van der Waals surface area contributed by atoms with E-state index in [1.54, 1.807) is 11.8 Å². The first-order valence-electron chi connectivity index (χ1n) is 9.59. The van der Waals surface area contributed by atoms with Gasteiger partial charge in [-0.1, -0.05) is 30.0 Å². The maximum atomic E-state index is 12.6. The molecule has 0 heterocycles. The number of ether oxygens (including phenoxy) is 1. The maximum Gasteiger partial charge on any atom is 0.416 e. The summed E-state index contributed by atoms with van der Waals surface area (Å²) in [5, 5.41) is 8.83. The predicted molar refractivity (Wildman–Crippen MR) is 113 cm³/mol. The van der Waals surface area contributed by atoms with Gasteiger partial charge >= 0.3 is 12.1 Å². The lowest BCUT2D eigenvalue weighted by atomic mass is 10.0. The average molecular weight is 446 g/mol. The first-order valence-corrected chi connectivity index (χ1v) is 10.4. The van der Waals surface area contributed by atoms with Crippen LogP contribution in [0.15, 0.2) is 76.5 Å². The molecule has 0 amide bonds. The summed E-state index contributed by atoms with van der Waals surface area (Å²) in [6.45, 7) is 2.15. The minimum absolute atomic E-state index is 0.112. The fourth-order valence-corrected chi connectivity index (χ4v) is 3.87. The fraction of sp³-hybridized carbons (Fsp3) is 0.208. The van der Waals surface area contributed by atoms with Gasteiger partial charge in [0.25, 0.3) is 0 Å². The SMILES string of the molecule is Cc1cc(Sc2ccc(OCc3ccc(C(F)(F)F)cc3)cc2)ccc1CCC(=O)O. The average Bonchev–Trinajstić information content (AvgIpc) is 2.72. The zero-order chi connectivity index (χ0) is 22.4. The van der Waals surface area contributed by atoms with E-state index in [9.17, 15) is 18.0 Å². The number of hydrogen-bond donors (Lipinski definition) is 1. The van der Waals surface area contributed by atoms with Crippen molar-refractivity contribution >= 4 is 17.7 Å². The second-order valence-corrected chi connectivity index (χ2v) is 8.19. The van der Waals surface area contributed by atoms with E-state index >= 15 is 0 Å². The first kappa shape index (κ1) is 22.7. The molecule has 3 rings (SSSR count). The largest absolute Gasteiger partial charge is 0.489 e. The molecule has 0 bridgehead atoms. The Morgan fingerprint density at radius 2 is 1.61 bits per heavy atom. The van der Waals surface area contributed by atoms with Gasteiger partial charge in [0.05, 0.1) is 5.56 Å². The number of alkyl halides is 3. The van der Waals surface area contributed by atoms with Crippen LogP contribution >= 0.6 is 11.8 Å². The summed E-state index contributed by atoms with van der Waals surface area (Å²) in [5.41, 5.74) is 2.06. The van der Waals surface area contributed by atoms with Crippen LogP contribution in [0.4, 0.5) is 13.2 Å². The molecule has 0 aliphatic heterocycles. The Morgan fingerprint density at radius 1 is 0.968 bits per heavy atom. The Bertz CT molecular complexity index is 1030. The lowest BCUT2D eigenvalue weighted by Gasteiger charge is -2.10. The lowest BCUT2D eigenvalue weighted by molar-refractivity contribution is -0.138. The van der Waals surface area contributed by atoms with E-state index in [0.29, 0.717) is 17.7 Å².